The van der Waals surface area contributed by atoms with Crippen molar-refractivity contribution in [3.8, 4) is 11.5 Å². The van der Waals surface area contributed by atoms with Gasteiger partial charge in [-0.2, -0.15) is 0 Å². The fourth-order valence-corrected chi connectivity index (χ4v) is 1.94. The van der Waals surface area contributed by atoms with E-state index in [9.17, 15) is 0 Å². The van der Waals surface area contributed by atoms with Crippen LogP contribution in [-0.2, 0) is 0 Å². The Morgan fingerprint density at radius 3 is 1.24 bits per heavy atom. The fraction of sp³-hybridized carbons (Fsp3) is 0.333. The Bertz CT molecular complexity index is 493. The first-order valence-electron chi connectivity index (χ1n) is 7.33. The molecule has 21 heavy (non-hydrogen) atoms. The highest BCUT2D eigenvalue weighted by atomic mass is 16.5. The number of nitrogens with one attached hydrogen (secondary N) is 1. The average molecular weight is 285 g/mol. The summed E-state index contributed by atoms with van der Waals surface area (Å²) in [5.41, 5.74) is 2.06. The number of hydrogen-bond acceptors (Lipinski definition) is 3. The van der Waals surface area contributed by atoms with Gasteiger partial charge in [0, 0.05) is 11.4 Å². The van der Waals surface area contributed by atoms with E-state index in [-0.39, 0.29) is 12.2 Å². The summed E-state index contributed by atoms with van der Waals surface area (Å²) in [7, 11) is 0. The molecule has 0 spiro atoms. The molecule has 0 bridgehead atoms. The van der Waals surface area contributed by atoms with Crippen LogP contribution in [0, 0.1) is 0 Å². The maximum atomic E-state index is 5.63. The van der Waals surface area contributed by atoms with Crippen molar-refractivity contribution in [2.24, 2.45) is 0 Å². The summed E-state index contributed by atoms with van der Waals surface area (Å²) in [6.07, 6.45) is 0.384. The molecule has 0 aromatic heterocycles. The number of anilines is 2. The molecule has 2 rings (SSSR count). The van der Waals surface area contributed by atoms with Gasteiger partial charge >= 0.3 is 0 Å². The van der Waals surface area contributed by atoms with Crippen molar-refractivity contribution in [3.05, 3.63) is 48.5 Å². The lowest BCUT2D eigenvalue weighted by atomic mass is 10.2. The van der Waals surface area contributed by atoms with Crippen LogP contribution in [0.15, 0.2) is 48.5 Å². The highest BCUT2D eigenvalue weighted by Gasteiger charge is 2.00. The zero-order chi connectivity index (χ0) is 15.2. The lowest BCUT2D eigenvalue weighted by Crippen LogP contribution is -2.05. The second kappa shape index (κ2) is 7.02. The lowest BCUT2D eigenvalue weighted by molar-refractivity contribution is 0.242. The molecular weight excluding hydrogens is 262 g/mol. The van der Waals surface area contributed by atoms with E-state index in [0.29, 0.717) is 0 Å². The summed E-state index contributed by atoms with van der Waals surface area (Å²) in [4.78, 5) is 0. The zero-order valence-corrected chi connectivity index (χ0v) is 13.1. The Balaban J connectivity index is 1.97. The predicted octanol–water partition coefficient (Wildman–Crippen LogP) is 5.00. The van der Waals surface area contributed by atoms with Crippen molar-refractivity contribution in [2.75, 3.05) is 5.32 Å². The fourth-order valence-electron chi connectivity index (χ4n) is 1.94. The normalized spacial score (nSPS) is 10.8. The lowest BCUT2D eigenvalue weighted by Gasteiger charge is -2.12. The summed E-state index contributed by atoms with van der Waals surface area (Å²) in [5, 5.41) is 3.35. The van der Waals surface area contributed by atoms with E-state index in [1.165, 1.54) is 0 Å². The van der Waals surface area contributed by atoms with E-state index >= 15 is 0 Å². The highest BCUT2D eigenvalue weighted by molar-refractivity contribution is 5.61. The standard InChI is InChI=1S/C18H23NO2/c1-13(2)20-17-9-5-15(6-10-17)19-16-7-11-18(12-8-16)21-14(3)4/h5-14,19H,1-4H3. The number of hydrogen-bond donors (Lipinski definition) is 1. The predicted molar refractivity (Wildman–Crippen MR) is 87.7 cm³/mol. The van der Waals surface area contributed by atoms with Crippen LogP contribution in [0.2, 0.25) is 0 Å². The Morgan fingerprint density at radius 1 is 0.619 bits per heavy atom. The SMILES string of the molecule is CC(C)Oc1ccc(Nc2ccc(OC(C)C)cc2)cc1. The molecule has 112 valence electrons. The minimum atomic E-state index is 0.192. The van der Waals surface area contributed by atoms with Gasteiger partial charge in [0.2, 0.25) is 0 Å². The molecule has 0 atom stereocenters. The van der Waals surface area contributed by atoms with E-state index in [2.05, 4.69) is 5.32 Å². The molecule has 3 heteroatoms. The molecule has 2 aromatic carbocycles. The second-order valence-electron chi connectivity index (χ2n) is 5.51. The third kappa shape index (κ3) is 5.03. The molecule has 0 aliphatic heterocycles. The van der Waals surface area contributed by atoms with Crippen LogP contribution in [0.4, 0.5) is 11.4 Å². The molecule has 3 nitrogen and oxygen atoms in total. The Kier molecular flexibility index (Phi) is 5.09. The van der Waals surface area contributed by atoms with Gasteiger partial charge in [0.05, 0.1) is 12.2 Å². The topological polar surface area (TPSA) is 30.5 Å². The van der Waals surface area contributed by atoms with Crippen molar-refractivity contribution in [1.29, 1.82) is 0 Å². The molecule has 1 N–H and O–H groups in total. The van der Waals surface area contributed by atoms with Crippen molar-refractivity contribution in [2.45, 2.75) is 39.9 Å². The molecule has 0 aliphatic rings. The van der Waals surface area contributed by atoms with Gasteiger partial charge in [0.25, 0.3) is 0 Å². The van der Waals surface area contributed by atoms with Gasteiger partial charge in [-0.05, 0) is 76.2 Å². The van der Waals surface area contributed by atoms with Crippen LogP contribution in [0.1, 0.15) is 27.7 Å². The molecule has 0 radical (unpaired) electrons. The van der Waals surface area contributed by atoms with Gasteiger partial charge in [0.1, 0.15) is 11.5 Å². The second-order valence-corrected chi connectivity index (χ2v) is 5.51. The maximum absolute atomic E-state index is 5.63. The van der Waals surface area contributed by atoms with E-state index in [0.717, 1.165) is 22.9 Å². The van der Waals surface area contributed by atoms with Gasteiger partial charge in [0.15, 0.2) is 0 Å². The largest absolute Gasteiger partial charge is 0.491 e. The van der Waals surface area contributed by atoms with E-state index in [1.54, 1.807) is 0 Å². The molecule has 0 saturated carbocycles. The molecular formula is C18H23NO2. The van der Waals surface area contributed by atoms with Crippen molar-refractivity contribution >= 4 is 11.4 Å². The molecule has 2 aromatic rings. The average Bonchev–Trinajstić information content (AvgIpc) is 2.42. The minimum Gasteiger partial charge on any atom is -0.491 e. The first-order chi connectivity index (χ1) is 10.0. The van der Waals surface area contributed by atoms with Crippen LogP contribution in [0.3, 0.4) is 0 Å². The molecule has 0 amide bonds. The Labute approximate surface area is 126 Å². The third-order valence-corrected chi connectivity index (χ3v) is 2.74. The summed E-state index contributed by atoms with van der Waals surface area (Å²) in [5.74, 6) is 1.77. The van der Waals surface area contributed by atoms with Crippen LogP contribution in [-0.4, -0.2) is 12.2 Å². The Morgan fingerprint density at radius 2 is 0.952 bits per heavy atom. The Hall–Kier alpha value is -2.16. The van der Waals surface area contributed by atoms with Crippen LogP contribution in [0.5, 0.6) is 11.5 Å². The van der Waals surface area contributed by atoms with Gasteiger partial charge in [-0.3, -0.25) is 0 Å². The quantitative estimate of drug-likeness (QED) is 0.809. The number of ether oxygens (including phenoxy) is 2. The maximum Gasteiger partial charge on any atom is 0.119 e. The zero-order valence-electron chi connectivity index (χ0n) is 13.1. The van der Waals surface area contributed by atoms with Gasteiger partial charge in [-0.1, -0.05) is 0 Å². The van der Waals surface area contributed by atoms with Crippen molar-refractivity contribution in [1.82, 2.24) is 0 Å². The molecule has 0 fully saturated rings. The summed E-state index contributed by atoms with van der Waals surface area (Å²) in [6, 6.07) is 15.9. The van der Waals surface area contributed by atoms with Gasteiger partial charge < -0.3 is 14.8 Å². The van der Waals surface area contributed by atoms with Crippen molar-refractivity contribution in [3.63, 3.8) is 0 Å². The highest BCUT2D eigenvalue weighted by Crippen LogP contribution is 2.23. The number of benzene rings is 2. The smallest absolute Gasteiger partial charge is 0.119 e. The first-order valence-corrected chi connectivity index (χ1v) is 7.33. The van der Waals surface area contributed by atoms with Crippen LogP contribution in [0.25, 0.3) is 0 Å². The van der Waals surface area contributed by atoms with E-state index < -0.39 is 0 Å². The van der Waals surface area contributed by atoms with Gasteiger partial charge in [-0.25, -0.2) is 0 Å². The van der Waals surface area contributed by atoms with Crippen LogP contribution < -0.4 is 14.8 Å². The third-order valence-electron chi connectivity index (χ3n) is 2.74. The number of rotatable bonds is 6. The van der Waals surface area contributed by atoms with Crippen LogP contribution >= 0.6 is 0 Å². The summed E-state index contributed by atoms with van der Waals surface area (Å²) in [6.45, 7) is 8.08. The minimum absolute atomic E-state index is 0.192. The summed E-state index contributed by atoms with van der Waals surface area (Å²) >= 11 is 0. The monoisotopic (exact) mass is 285 g/mol. The first kappa shape index (κ1) is 15.2. The van der Waals surface area contributed by atoms with E-state index in [4.69, 9.17) is 9.47 Å². The van der Waals surface area contributed by atoms with E-state index in [1.807, 2.05) is 76.2 Å². The molecule has 0 unspecified atom stereocenters. The van der Waals surface area contributed by atoms with Gasteiger partial charge in [-0.15, -0.1) is 0 Å². The summed E-state index contributed by atoms with van der Waals surface area (Å²) < 4.78 is 11.3. The molecule has 0 aliphatic carbocycles. The molecule has 0 saturated heterocycles. The van der Waals surface area contributed by atoms with Crippen molar-refractivity contribution < 1.29 is 9.47 Å². The molecule has 0 heterocycles.